The molecule has 0 bridgehead atoms. The van der Waals surface area contributed by atoms with Gasteiger partial charge in [0.25, 0.3) is 0 Å². The van der Waals surface area contributed by atoms with Crippen molar-refractivity contribution in [1.82, 2.24) is 4.90 Å². The normalized spacial score (nSPS) is 13.6. The highest BCUT2D eigenvalue weighted by Gasteiger charge is 2.26. The minimum Gasteiger partial charge on any atom is -0.345 e. The van der Waals surface area contributed by atoms with Crippen molar-refractivity contribution in [2.24, 2.45) is 5.92 Å². The molecule has 0 aliphatic carbocycles. The van der Waals surface area contributed by atoms with Crippen molar-refractivity contribution in [2.45, 2.75) is 26.7 Å². The molecular weight excluding hydrogens is 294 g/mol. The summed E-state index contributed by atoms with van der Waals surface area (Å²) in [7, 11) is 1.75. The van der Waals surface area contributed by atoms with Gasteiger partial charge in [0, 0.05) is 26.4 Å². The van der Waals surface area contributed by atoms with Crippen molar-refractivity contribution >= 4 is 29.1 Å². The minimum absolute atomic E-state index is 0.00806. The number of fused-ring (bicyclic) bond motifs is 1. The quantitative estimate of drug-likeness (QED) is 0.901. The number of nitrogens with one attached hydrogen (secondary N) is 1. The Morgan fingerprint density at radius 2 is 1.96 bits per heavy atom. The first-order chi connectivity index (χ1) is 10.9. The largest absolute Gasteiger partial charge is 0.345 e. The van der Waals surface area contributed by atoms with E-state index in [0.717, 1.165) is 0 Å². The molecular formula is C17H23N3O3. The van der Waals surface area contributed by atoms with Crippen LogP contribution in [0.15, 0.2) is 24.3 Å². The summed E-state index contributed by atoms with van der Waals surface area (Å²) in [6, 6.07) is 7.17. The van der Waals surface area contributed by atoms with Gasteiger partial charge in [-0.05, 0) is 18.1 Å². The Morgan fingerprint density at radius 3 is 2.65 bits per heavy atom. The molecule has 2 rings (SSSR count). The van der Waals surface area contributed by atoms with Gasteiger partial charge in [-0.1, -0.05) is 26.0 Å². The summed E-state index contributed by atoms with van der Waals surface area (Å²) < 4.78 is 0. The molecule has 0 unspecified atom stereocenters. The van der Waals surface area contributed by atoms with Crippen molar-refractivity contribution in [3.05, 3.63) is 24.3 Å². The first-order valence-electron chi connectivity index (χ1n) is 7.81. The molecule has 1 aliphatic heterocycles. The Morgan fingerprint density at radius 1 is 1.26 bits per heavy atom. The lowest BCUT2D eigenvalue weighted by Gasteiger charge is -2.29. The highest BCUT2D eigenvalue weighted by atomic mass is 16.2. The average molecular weight is 317 g/mol. The van der Waals surface area contributed by atoms with Gasteiger partial charge in [-0.3, -0.25) is 14.4 Å². The van der Waals surface area contributed by atoms with Crippen molar-refractivity contribution in [1.29, 1.82) is 0 Å². The summed E-state index contributed by atoms with van der Waals surface area (Å²) in [5.41, 5.74) is 1.31. The third-order valence-electron chi connectivity index (χ3n) is 3.69. The van der Waals surface area contributed by atoms with Crippen LogP contribution in [0.5, 0.6) is 0 Å². The summed E-state index contributed by atoms with van der Waals surface area (Å²) in [6.07, 6.45) is 0.255. The fraction of sp³-hybridized carbons (Fsp3) is 0.471. The van der Waals surface area contributed by atoms with Gasteiger partial charge in [0.2, 0.25) is 17.7 Å². The van der Waals surface area contributed by atoms with Gasteiger partial charge < -0.3 is 15.1 Å². The zero-order chi connectivity index (χ0) is 17.0. The second kappa shape index (κ2) is 7.26. The van der Waals surface area contributed by atoms with Gasteiger partial charge in [0.15, 0.2) is 0 Å². The topological polar surface area (TPSA) is 69.7 Å². The van der Waals surface area contributed by atoms with Gasteiger partial charge >= 0.3 is 0 Å². The van der Waals surface area contributed by atoms with Crippen molar-refractivity contribution in [2.75, 3.05) is 30.4 Å². The summed E-state index contributed by atoms with van der Waals surface area (Å²) in [4.78, 5) is 39.3. The zero-order valence-corrected chi connectivity index (χ0v) is 13.8. The Hall–Kier alpha value is -2.37. The molecule has 0 atom stereocenters. The monoisotopic (exact) mass is 317 g/mol. The van der Waals surface area contributed by atoms with Gasteiger partial charge in [-0.2, -0.15) is 0 Å². The van der Waals surface area contributed by atoms with E-state index in [0.29, 0.717) is 23.8 Å². The SMILES string of the molecule is CC(C)CN(C)C(=O)CCC(=O)N1CC(=O)Nc2ccccc21. The Balaban J connectivity index is 1.99. The molecule has 0 saturated heterocycles. The number of para-hydroxylation sites is 2. The summed E-state index contributed by atoms with van der Waals surface area (Å²) >= 11 is 0. The Labute approximate surface area is 136 Å². The smallest absolute Gasteiger partial charge is 0.244 e. The second-order valence-corrected chi connectivity index (χ2v) is 6.21. The van der Waals surface area contributed by atoms with Crippen LogP contribution in [0.1, 0.15) is 26.7 Å². The number of rotatable bonds is 5. The molecule has 1 heterocycles. The fourth-order valence-electron chi connectivity index (χ4n) is 2.64. The highest BCUT2D eigenvalue weighted by Crippen LogP contribution is 2.29. The first-order valence-corrected chi connectivity index (χ1v) is 7.81. The zero-order valence-electron chi connectivity index (χ0n) is 13.8. The van der Waals surface area contributed by atoms with E-state index >= 15 is 0 Å². The molecule has 124 valence electrons. The van der Waals surface area contributed by atoms with Crippen LogP contribution in [-0.4, -0.2) is 42.8 Å². The predicted octanol–water partition coefficient (Wildman–Crippen LogP) is 1.87. The van der Waals surface area contributed by atoms with Crippen molar-refractivity contribution < 1.29 is 14.4 Å². The molecule has 1 aromatic carbocycles. The average Bonchev–Trinajstić information content (AvgIpc) is 2.50. The van der Waals surface area contributed by atoms with Crippen molar-refractivity contribution in [3.8, 4) is 0 Å². The van der Waals surface area contributed by atoms with E-state index in [1.165, 1.54) is 4.90 Å². The number of nitrogens with zero attached hydrogens (tertiary/aromatic N) is 2. The van der Waals surface area contributed by atoms with Crippen LogP contribution in [0.2, 0.25) is 0 Å². The molecule has 0 aromatic heterocycles. The number of hydrogen-bond donors (Lipinski definition) is 1. The third kappa shape index (κ3) is 4.31. The fourth-order valence-corrected chi connectivity index (χ4v) is 2.64. The molecule has 6 heteroatoms. The first kappa shape index (κ1) is 17.0. The standard InChI is InChI=1S/C17H23N3O3/c1-12(2)10-19(3)16(22)8-9-17(23)20-11-15(21)18-13-6-4-5-7-14(13)20/h4-7,12H,8-11H2,1-3H3,(H,18,21). The summed E-state index contributed by atoms with van der Waals surface area (Å²) in [6.45, 7) is 4.74. The molecule has 0 radical (unpaired) electrons. The molecule has 1 aliphatic rings. The lowest BCUT2D eigenvalue weighted by atomic mass is 10.1. The Bertz CT molecular complexity index is 613. The maximum atomic E-state index is 12.4. The van der Waals surface area contributed by atoms with Crippen LogP contribution >= 0.6 is 0 Å². The van der Waals surface area contributed by atoms with E-state index in [4.69, 9.17) is 0 Å². The molecule has 0 saturated carbocycles. The molecule has 0 fully saturated rings. The van der Waals surface area contributed by atoms with Crippen LogP contribution in [-0.2, 0) is 14.4 Å². The number of amides is 3. The van der Waals surface area contributed by atoms with E-state index in [9.17, 15) is 14.4 Å². The minimum atomic E-state index is -0.222. The van der Waals surface area contributed by atoms with Crippen LogP contribution in [0.25, 0.3) is 0 Å². The number of hydrogen-bond acceptors (Lipinski definition) is 3. The maximum Gasteiger partial charge on any atom is 0.244 e. The number of benzene rings is 1. The number of carbonyl (C=O) groups is 3. The molecule has 1 aromatic rings. The van der Waals surface area contributed by atoms with Crippen LogP contribution in [0, 0.1) is 5.92 Å². The maximum absolute atomic E-state index is 12.4. The molecule has 3 amide bonds. The van der Waals surface area contributed by atoms with Crippen molar-refractivity contribution in [3.63, 3.8) is 0 Å². The second-order valence-electron chi connectivity index (χ2n) is 6.21. The van der Waals surface area contributed by atoms with Crippen LogP contribution < -0.4 is 10.2 Å². The van der Waals surface area contributed by atoms with E-state index < -0.39 is 0 Å². The number of carbonyl (C=O) groups excluding carboxylic acids is 3. The van der Waals surface area contributed by atoms with Gasteiger partial charge in [-0.15, -0.1) is 0 Å². The predicted molar refractivity (Wildman–Crippen MR) is 89.1 cm³/mol. The highest BCUT2D eigenvalue weighted by molar-refractivity contribution is 6.10. The summed E-state index contributed by atoms with van der Waals surface area (Å²) in [5.74, 6) is -0.0991. The van der Waals surface area contributed by atoms with Crippen LogP contribution in [0.4, 0.5) is 11.4 Å². The summed E-state index contributed by atoms with van der Waals surface area (Å²) in [5, 5.41) is 2.74. The molecule has 1 N–H and O–H groups in total. The number of anilines is 2. The lowest BCUT2D eigenvalue weighted by Crippen LogP contribution is -2.42. The van der Waals surface area contributed by atoms with Gasteiger partial charge in [0.05, 0.1) is 11.4 Å². The molecule has 23 heavy (non-hydrogen) atoms. The third-order valence-corrected chi connectivity index (χ3v) is 3.69. The lowest BCUT2D eigenvalue weighted by molar-refractivity contribution is -0.132. The van der Waals surface area contributed by atoms with Gasteiger partial charge in [-0.25, -0.2) is 0 Å². The molecule has 0 spiro atoms. The van der Waals surface area contributed by atoms with E-state index in [1.807, 2.05) is 19.9 Å². The van der Waals surface area contributed by atoms with Gasteiger partial charge in [0.1, 0.15) is 6.54 Å². The molecule has 6 nitrogen and oxygen atoms in total. The Kier molecular flexibility index (Phi) is 5.36. The van der Waals surface area contributed by atoms with E-state index in [2.05, 4.69) is 5.32 Å². The van der Waals surface area contributed by atoms with E-state index in [-0.39, 0.29) is 37.1 Å². The van der Waals surface area contributed by atoms with Crippen LogP contribution in [0.3, 0.4) is 0 Å². The van der Waals surface area contributed by atoms with E-state index in [1.54, 1.807) is 30.1 Å².